The molecule has 3 nitrogen and oxygen atoms in total. The Morgan fingerprint density at radius 3 is 2.74 bits per heavy atom. The maximum absolute atomic E-state index is 6.13. The van der Waals surface area contributed by atoms with Gasteiger partial charge in [0.25, 0.3) is 0 Å². The SMILES string of the molecule is CC1(C)Cc2cccc(OC3CCNCC3)c2O1.Cl. The molecule has 0 radical (unpaired) electrons. The molecule has 0 aliphatic carbocycles. The number of fused-ring (bicyclic) bond motifs is 1. The van der Waals surface area contributed by atoms with Crippen LogP contribution in [0.15, 0.2) is 18.2 Å². The second-order valence-corrected chi connectivity index (χ2v) is 5.85. The molecule has 0 spiro atoms. The van der Waals surface area contributed by atoms with E-state index in [0.717, 1.165) is 43.9 Å². The summed E-state index contributed by atoms with van der Waals surface area (Å²) in [6, 6.07) is 6.24. The van der Waals surface area contributed by atoms with E-state index >= 15 is 0 Å². The van der Waals surface area contributed by atoms with Crippen LogP contribution in [0.1, 0.15) is 32.3 Å². The fourth-order valence-corrected chi connectivity index (χ4v) is 2.77. The molecule has 0 atom stereocenters. The standard InChI is InChI=1S/C15H21NO2.ClH/c1-15(2)10-11-4-3-5-13(14(11)18-15)17-12-6-8-16-9-7-12;/h3-5,12,16H,6-10H2,1-2H3;1H. The van der Waals surface area contributed by atoms with Crippen molar-refractivity contribution in [2.24, 2.45) is 0 Å². The largest absolute Gasteiger partial charge is 0.486 e. The Kier molecular flexibility index (Phi) is 4.26. The first-order valence-corrected chi connectivity index (χ1v) is 6.82. The van der Waals surface area contributed by atoms with Gasteiger partial charge in [0.15, 0.2) is 11.5 Å². The van der Waals surface area contributed by atoms with E-state index < -0.39 is 0 Å². The number of para-hydroxylation sites is 1. The number of piperidine rings is 1. The van der Waals surface area contributed by atoms with Crippen molar-refractivity contribution >= 4 is 12.4 Å². The van der Waals surface area contributed by atoms with Gasteiger partial charge in [-0.25, -0.2) is 0 Å². The van der Waals surface area contributed by atoms with Crippen molar-refractivity contribution in [2.45, 2.75) is 44.8 Å². The Morgan fingerprint density at radius 1 is 1.26 bits per heavy atom. The van der Waals surface area contributed by atoms with Gasteiger partial charge < -0.3 is 14.8 Å². The average Bonchev–Trinajstić information content (AvgIpc) is 2.66. The van der Waals surface area contributed by atoms with E-state index in [-0.39, 0.29) is 18.0 Å². The molecule has 1 saturated heterocycles. The van der Waals surface area contributed by atoms with Gasteiger partial charge in [0.1, 0.15) is 11.7 Å². The Labute approximate surface area is 121 Å². The summed E-state index contributed by atoms with van der Waals surface area (Å²) in [4.78, 5) is 0. The van der Waals surface area contributed by atoms with Crippen LogP contribution < -0.4 is 14.8 Å². The molecule has 1 aromatic carbocycles. The number of hydrogen-bond donors (Lipinski definition) is 1. The molecule has 2 aliphatic rings. The van der Waals surface area contributed by atoms with Gasteiger partial charge in [-0.15, -0.1) is 12.4 Å². The summed E-state index contributed by atoms with van der Waals surface area (Å²) in [6.45, 7) is 6.35. The molecule has 0 bridgehead atoms. The summed E-state index contributed by atoms with van der Waals surface area (Å²) < 4.78 is 12.2. The van der Waals surface area contributed by atoms with Crippen molar-refractivity contribution in [3.8, 4) is 11.5 Å². The molecule has 0 amide bonds. The lowest BCUT2D eigenvalue weighted by atomic mass is 10.0. The zero-order chi connectivity index (χ0) is 12.6. The summed E-state index contributed by atoms with van der Waals surface area (Å²) >= 11 is 0. The maximum Gasteiger partial charge on any atom is 0.165 e. The molecule has 19 heavy (non-hydrogen) atoms. The normalized spacial score (nSPS) is 21.2. The highest BCUT2D eigenvalue weighted by Crippen LogP contribution is 2.42. The predicted molar refractivity (Wildman–Crippen MR) is 78.6 cm³/mol. The fraction of sp³-hybridized carbons (Fsp3) is 0.600. The Morgan fingerprint density at radius 2 is 2.00 bits per heavy atom. The smallest absolute Gasteiger partial charge is 0.165 e. The van der Waals surface area contributed by atoms with Crippen LogP contribution in [0.2, 0.25) is 0 Å². The lowest BCUT2D eigenvalue weighted by Gasteiger charge is -2.25. The van der Waals surface area contributed by atoms with E-state index in [1.807, 2.05) is 6.07 Å². The Hall–Kier alpha value is -0.930. The highest BCUT2D eigenvalue weighted by atomic mass is 35.5. The highest BCUT2D eigenvalue weighted by Gasteiger charge is 2.32. The number of halogens is 1. The molecular formula is C15H22ClNO2. The molecule has 1 aromatic rings. The van der Waals surface area contributed by atoms with Gasteiger partial charge >= 0.3 is 0 Å². The zero-order valence-corrected chi connectivity index (χ0v) is 12.4. The van der Waals surface area contributed by atoms with Crippen molar-refractivity contribution in [1.29, 1.82) is 0 Å². The lowest BCUT2D eigenvalue weighted by Crippen LogP contribution is -2.34. The molecule has 1 fully saturated rings. The van der Waals surface area contributed by atoms with Crippen LogP contribution in [0.3, 0.4) is 0 Å². The summed E-state index contributed by atoms with van der Waals surface area (Å²) in [7, 11) is 0. The Balaban J connectivity index is 0.00000133. The van der Waals surface area contributed by atoms with Crippen LogP contribution in [-0.2, 0) is 6.42 Å². The second-order valence-electron chi connectivity index (χ2n) is 5.85. The van der Waals surface area contributed by atoms with Crippen LogP contribution in [0.4, 0.5) is 0 Å². The number of rotatable bonds is 2. The fourth-order valence-electron chi connectivity index (χ4n) is 2.77. The maximum atomic E-state index is 6.13. The lowest BCUT2D eigenvalue weighted by molar-refractivity contribution is 0.118. The van der Waals surface area contributed by atoms with Crippen molar-refractivity contribution in [2.75, 3.05) is 13.1 Å². The Bertz CT molecular complexity index is 442. The third-order valence-corrected chi connectivity index (χ3v) is 3.63. The summed E-state index contributed by atoms with van der Waals surface area (Å²) in [5.41, 5.74) is 1.17. The first-order valence-electron chi connectivity index (χ1n) is 6.82. The minimum absolute atomic E-state index is 0. The molecule has 1 N–H and O–H groups in total. The number of benzene rings is 1. The van der Waals surface area contributed by atoms with Gasteiger partial charge in [-0.2, -0.15) is 0 Å². The number of nitrogens with one attached hydrogen (secondary N) is 1. The van der Waals surface area contributed by atoms with Crippen molar-refractivity contribution < 1.29 is 9.47 Å². The number of ether oxygens (including phenoxy) is 2. The van der Waals surface area contributed by atoms with Gasteiger partial charge in [0.2, 0.25) is 0 Å². The van der Waals surface area contributed by atoms with Crippen molar-refractivity contribution in [3.05, 3.63) is 23.8 Å². The van der Waals surface area contributed by atoms with Gasteiger partial charge in [-0.3, -0.25) is 0 Å². The predicted octanol–water partition coefficient (Wildman–Crippen LogP) is 2.95. The first kappa shape index (κ1) is 14.5. The first-order chi connectivity index (χ1) is 8.64. The van der Waals surface area contributed by atoms with Gasteiger partial charge in [0, 0.05) is 12.0 Å². The van der Waals surface area contributed by atoms with Gasteiger partial charge in [-0.1, -0.05) is 12.1 Å². The molecule has 0 saturated carbocycles. The minimum atomic E-state index is -0.101. The van der Waals surface area contributed by atoms with E-state index in [4.69, 9.17) is 9.47 Å². The quantitative estimate of drug-likeness (QED) is 0.905. The summed E-state index contributed by atoms with van der Waals surface area (Å²) in [5.74, 6) is 1.88. The average molecular weight is 284 g/mol. The van der Waals surface area contributed by atoms with E-state index in [2.05, 4.69) is 31.3 Å². The topological polar surface area (TPSA) is 30.5 Å². The number of hydrogen-bond acceptors (Lipinski definition) is 3. The van der Waals surface area contributed by atoms with Crippen LogP contribution in [-0.4, -0.2) is 24.8 Å². The van der Waals surface area contributed by atoms with Crippen molar-refractivity contribution in [1.82, 2.24) is 5.32 Å². The van der Waals surface area contributed by atoms with E-state index in [0.29, 0.717) is 6.10 Å². The van der Waals surface area contributed by atoms with Crippen molar-refractivity contribution in [3.63, 3.8) is 0 Å². The molecule has 3 rings (SSSR count). The third kappa shape index (κ3) is 3.15. The van der Waals surface area contributed by atoms with Crippen LogP contribution in [0.5, 0.6) is 11.5 Å². The molecule has 4 heteroatoms. The van der Waals surface area contributed by atoms with Crippen LogP contribution in [0, 0.1) is 0 Å². The minimum Gasteiger partial charge on any atom is -0.486 e. The van der Waals surface area contributed by atoms with E-state index in [1.165, 1.54) is 5.56 Å². The third-order valence-electron chi connectivity index (χ3n) is 3.63. The zero-order valence-electron chi connectivity index (χ0n) is 11.6. The second kappa shape index (κ2) is 5.59. The summed E-state index contributed by atoms with van der Waals surface area (Å²) in [6.07, 6.45) is 3.44. The molecule has 0 unspecified atom stereocenters. The highest BCUT2D eigenvalue weighted by molar-refractivity contribution is 5.85. The van der Waals surface area contributed by atoms with Crippen LogP contribution in [0.25, 0.3) is 0 Å². The molecule has 2 aliphatic heterocycles. The summed E-state index contributed by atoms with van der Waals surface area (Å²) in [5, 5.41) is 3.35. The molecular weight excluding hydrogens is 262 g/mol. The van der Waals surface area contributed by atoms with E-state index in [1.54, 1.807) is 0 Å². The van der Waals surface area contributed by atoms with E-state index in [9.17, 15) is 0 Å². The molecule has 2 heterocycles. The van der Waals surface area contributed by atoms with Gasteiger partial charge in [0.05, 0.1) is 0 Å². The molecule has 0 aromatic heterocycles. The monoisotopic (exact) mass is 283 g/mol. The molecule has 106 valence electrons. The van der Waals surface area contributed by atoms with Gasteiger partial charge in [-0.05, 0) is 45.8 Å². The van der Waals surface area contributed by atoms with Crippen LogP contribution >= 0.6 is 12.4 Å².